The largest absolute Gasteiger partial charge is 0.394 e. The predicted octanol–water partition coefficient (Wildman–Crippen LogP) is 1.27. The maximum Gasteiger partial charge on any atom is 0.0801 e. The zero-order valence-electron chi connectivity index (χ0n) is 8.48. The molecule has 2 fully saturated rings. The van der Waals surface area contributed by atoms with Crippen LogP contribution in [0.3, 0.4) is 0 Å². The monoisotopic (exact) mass is 184 g/mol. The lowest BCUT2D eigenvalue weighted by atomic mass is 9.74. The van der Waals surface area contributed by atoms with Gasteiger partial charge in [-0.05, 0) is 42.4 Å². The molecule has 2 heteroatoms. The summed E-state index contributed by atoms with van der Waals surface area (Å²) in [4.78, 5) is 0. The lowest BCUT2D eigenvalue weighted by molar-refractivity contribution is 0.00629. The number of hydrogen-bond donors (Lipinski definition) is 2. The lowest BCUT2D eigenvalue weighted by Gasteiger charge is -2.33. The van der Waals surface area contributed by atoms with Gasteiger partial charge in [0.25, 0.3) is 0 Å². The van der Waals surface area contributed by atoms with Gasteiger partial charge in [-0.3, -0.25) is 0 Å². The summed E-state index contributed by atoms with van der Waals surface area (Å²) in [5, 5.41) is 18.6. The van der Waals surface area contributed by atoms with Crippen LogP contribution >= 0.6 is 0 Å². The van der Waals surface area contributed by atoms with E-state index in [2.05, 4.69) is 13.8 Å². The summed E-state index contributed by atoms with van der Waals surface area (Å²) in [6.07, 6.45) is 1.95. The molecule has 0 amide bonds. The van der Waals surface area contributed by atoms with E-state index < -0.39 is 6.10 Å². The van der Waals surface area contributed by atoms with Crippen LogP contribution in [0, 0.1) is 29.6 Å². The van der Waals surface area contributed by atoms with E-state index >= 15 is 0 Å². The molecule has 13 heavy (non-hydrogen) atoms. The van der Waals surface area contributed by atoms with Crippen molar-refractivity contribution in [3.8, 4) is 0 Å². The van der Waals surface area contributed by atoms with Crippen molar-refractivity contribution in [3.05, 3.63) is 0 Å². The van der Waals surface area contributed by atoms with Crippen molar-refractivity contribution in [1.29, 1.82) is 0 Å². The quantitative estimate of drug-likeness (QED) is 0.678. The normalized spacial score (nSPS) is 51.2. The molecule has 0 radical (unpaired) electrons. The molecule has 0 saturated heterocycles. The first-order valence-corrected chi connectivity index (χ1v) is 5.44. The van der Waals surface area contributed by atoms with Crippen LogP contribution in [0.4, 0.5) is 0 Å². The fraction of sp³-hybridized carbons (Fsp3) is 1.00. The first kappa shape index (κ1) is 9.47. The summed E-state index contributed by atoms with van der Waals surface area (Å²) in [5.41, 5.74) is 0. The highest BCUT2D eigenvalue weighted by molar-refractivity contribution is 4.99. The lowest BCUT2D eigenvalue weighted by Crippen LogP contribution is -2.34. The molecule has 2 aliphatic rings. The molecule has 2 rings (SSSR count). The van der Waals surface area contributed by atoms with E-state index in [0.29, 0.717) is 11.8 Å². The molecule has 6 unspecified atom stereocenters. The van der Waals surface area contributed by atoms with Gasteiger partial charge in [-0.15, -0.1) is 0 Å². The molecule has 2 N–H and O–H groups in total. The standard InChI is InChI=1S/C11H20O2/c1-6-7(2)9-3-8(6)4-10(9)11(13)5-12/h6-13H,3-5H2,1-2H3. The van der Waals surface area contributed by atoms with Gasteiger partial charge in [-0.25, -0.2) is 0 Å². The van der Waals surface area contributed by atoms with Crippen molar-refractivity contribution in [3.63, 3.8) is 0 Å². The maximum atomic E-state index is 9.63. The van der Waals surface area contributed by atoms with Gasteiger partial charge in [0, 0.05) is 0 Å². The van der Waals surface area contributed by atoms with Crippen molar-refractivity contribution in [1.82, 2.24) is 0 Å². The number of hydrogen-bond acceptors (Lipinski definition) is 2. The fourth-order valence-corrected chi connectivity index (χ4v) is 3.58. The Morgan fingerprint density at radius 3 is 2.38 bits per heavy atom. The van der Waals surface area contributed by atoms with Crippen molar-refractivity contribution >= 4 is 0 Å². The summed E-state index contributed by atoms with van der Waals surface area (Å²) < 4.78 is 0. The van der Waals surface area contributed by atoms with Gasteiger partial charge in [-0.2, -0.15) is 0 Å². The van der Waals surface area contributed by atoms with Crippen LogP contribution in [-0.4, -0.2) is 22.9 Å². The van der Waals surface area contributed by atoms with E-state index in [0.717, 1.165) is 24.2 Å². The van der Waals surface area contributed by atoms with Gasteiger partial charge in [0.2, 0.25) is 0 Å². The average molecular weight is 184 g/mol. The summed E-state index contributed by atoms with van der Waals surface area (Å²) in [6, 6.07) is 0. The minimum atomic E-state index is -0.468. The molecule has 2 saturated carbocycles. The molecule has 6 atom stereocenters. The second-order valence-corrected chi connectivity index (χ2v) is 5.03. The van der Waals surface area contributed by atoms with Crippen LogP contribution in [-0.2, 0) is 0 Å². The highest BCUT2D eigenvalue weighted by Gasteiger charge is 2.50. The topological polar surface area (TPSA) is 40.5 Å². The van der Waals surface area contributed by atoms with Gasteiger partial charge < -0.3 is 10.2 Å². The Morgan fingerprint density at radius 1 is 1.23 bits per heavy atom. The van der Waals surface area contributed by atoms with Gasteiger partial charge in [-0.1, -0.05) is 13.8 Å². The molecule has 0 aromatic carbocycles. The second kappa shape index (κ2) is 3.25. The molecule has 2 aliphatic carbocycles. The van der Waals surface area contributed by atoms with Crippen LogP contribution in [0.5, 0.6) is 0 Å². The fourth-order valence-electron chi connectivity index (χ4n) is 3.58. The molecule has 0 aromatic heterocycles. The predicted molar refractivity (Wildman–Crippen MR) is 51.1 cm³/mol. The zero-order chi connectivity index (χ0) is 9.59. The van der Waals surface area contributed by atoms with Gasteiger partial charge >= 0.3 is 0 Å². The van der Waals surface area contributed by atoms with Gasteiger partial charge in [0.15, 0.2) is 0 Å². The summed E-state index contributed by atoms with van der Waals surface area (Å²) in [5.74, 6) is 3.42. The number of rotatable bonds is 2. The van der Waals surface area contributed by atoms with Crippen molar-refractivity contribution < 1.29 is 10.2 Å². The maximum absolute atomic E-state index is 9.63. The Balaban J connectivity index is 2.06. The molecule has 76 valence electrons. The summed E-state index contributed by atoms with van der Waals surface area (Å²) in [7, 11) is 0. The SMILES string of the molecule is CC1C2CC(C(O)CO)C(C2)C1C. The molecular weight excluding hydrogens is 164 g/mol. The number of aliphatic hydroxyl groups is 2. The Labute approximate surface area is 80.0 Å². The smallest absolute Gasteiger partial charge is 0.0801 e. The van der Waals surface area contributed by atoms with Crippen LogP contribution in [0.25, 0.3) is 0 Å². The summed E-state index contributed by atoms with van der Waals surface area (Å²) >= 11 is 0. The van der Waals surface area contributed by atoms with E-state index in [1.165, 1.54) is 6.42 Å². The molecule has 0 heterocycles. The van der Waals surface area contributed by atoms with Crippen molar-refractivity contribution in [2.45, 2.75) is 32.8 Å². The van der Waals surface area contributed by atoms with Crippen LogP contribution in [0.2, 0.25) is 0 Å². The molecular formula is C11H20O2. The first-order valence-electron chi connectivity index (χ1n) is 5.44. The van der Waals surface area contributed by atoms with Crippen LogP contribution in [0.15, 0.2) is 0 Å². The molecule has 0 aromatic rings. The molecule has 2 bridgehead atoms. The molecule has 0 spiro atoms. The highest BCUT2D eigenvalue weighted by Crippen LogP contribution is 2.55. The molecule has 0 aliphatic heterocycles. The number of fused-ring (bicyclic) bond motifs is 2. The summed E-state index contributed by atoms with van der Waals surface area (Å²) in [6.45, 7) is 4.57. The van der Waals surface area contributed by atoms with E-state index in [1.54, 1.807) is 0 Å². The minimum absolute atomic E-state index is 0.0605. The van der Waals surface area contributed by atoms with E-state index in [4.69, 9.17) is 5.11 Å². The average Bonchev–Trinajstić information content (AvgIpc) is 2.67. The van der Waals surface area contributed by atoms with E-state index in [1.807, 2.05) is 0 Å². The van der Waals surface area contributed by atoms with E-state index in [-0.39, 0.29) is 6.61 Å². The minimum Gasteiger partial charge on any atom is -0.394 e. The third-order valence-corrected chi connectivity index (χ3v) is 4.63. The second-order valence-electron chi connectivity index (χ2n) is 5.03. The highest BCUT2D eigenvalue weighted by atomic mass is 16.3. The Hall–Kier alpha value is -0.0800. The van der Waals surface area contributed by atoms with Gasteiger partial charge in [0.1, 0.15) is 0 Å². The van der Waals surface area contributed by atoms with Gasteiger partial charge in [0.05, 0.1) is 12.7 Å². The zero-order valence-corrected chi connectivity index (χ0v) is 8.48. The van der Waals surface area contributed by atoms with Crippen molar-refractivity contribution in [2.75, 3.05) is 6.61 Å². The van der Waals surface area contributed by atoms with Crippen molar-refractivity contribution in [2.24, 2.45) is 29.6 Å². The molecule has 2 nitrogen and oxygen atoms in total. The van der Waals surface area contributed by atoms with E-state index in [9.17, 15) is 5.11 Å². The first-order chi connectivity index (χ1) is 6.15. The van der Waals surface area contributed by atoms with Crippen LogP contribution in [0.1, 0.15) is 26.7 Å². The Morgan fingerprint density at radius 2 is 1.92 bits per heavy atom. The number of aliphatic hydroxyl groups excluding tert-OH is 2. The third-order valence-electron chi connectivity index (χ3n) is 4.63. The van der Waals surface area contributed by atoms with Crippen LogP contribution < -0.4 is 0 Å². The third kappa shape index (κ3) is 1.31. The Bertz CT molecular complexity index is 191. The Kier molecular flexibility index (Phi) is 2.37.